The number of rotatable bonds is 1. The van der Waals surface area contributed by atoms with Crippen LogP contribution in [0, 0.1) is 5.92 Å². The Morgan fingerprint density at radius 1 is 1.07 bits per heavy atom. The molecule has 0 radical (unpaired) electrons. The van der Waals surface area contributed by atoms with Crippen molar-refractivity contribution in [1.29, 1.82) is 0 Å². The summed E-state index contributed by atoms with van der Waals surface area (Å²) in [4.78, 5) is 2.61. The third-order valence-corrected chi connectivity index (χ3v) is 3.88. The van der Waals surface area contributed by atoms with E-state index in [0.717, 1.165) is 10.9 Å². The van der Waals surface area contributed by atoms with Crippen molar-refractivity contribution in [3.63, 3.8) is 0 Å². The van der Waals surface area contributed by atoms with Gasteiger partial charge in [-0.25, -0.2) is 0 Å². The van der Waals surface area contributed by atoms with Gasteiger partial charge in [0.05, 0.1) is 0 Å². The van der Waals surface area contributed by atoms with Gasteiger partial charge in [0.2, 0.25) is 0 Å². The zero-order valence-electron chi connectivity index (χ0n) is 8.12. The Morgan fingerprint density at radius 2 is 1.71 bits per heavy atom. The maximum atomic E-state index is 5.89. The quantitative estimate of drug-likeness (QED) is 0.684. The first kappa shape index (κ1) is 8.75. The van der Waals surface area contributed by atoms with E-state index in [4.69, 9.17) is 11.6 Å². The number of fused-ring (bicyclic) bond motifs is 2. The SMILES string of the molecule is Clc1ccc(C2C3CCN2CC3)cc1. The van der Waals surface area contributed by atoms with Crippen molar-refractivity contribution in [2.75, 3.05) is 13.1 Å². The summed E-state index contributed by atoms with van der Waals surface area (Å²) < 4.78 is 0. The van der Waals surface area contributed by atoms with E-state index in [0.29, 0.717) is 6.04 Å². The fourth-order valence-electron chi connectivity index (χ4n) is 2.95. The van der Waals surface area contributed by atoms with Crippen LogP contribution in [-0.2, 0) is 0 Å². The molecule has 0 saturated carbocycles. The molecule has 14 heavy (non-hydrogen) atoms. The largest absolute Gasteiger partial charge is 0.296 e. The molecule has 0 spiro atoms. The summed E-state index contributed by atoms with van der Waals surface area (Å²) in [6.45, 7) is 2.58. The first-order chi connectivity index (χ1) is 6.84. The van der Waals surface area contributed by atoms with Gasteiger partial charge in [0.1, 0.15) is 0 Å². The fraction of sp³-hybridized carbons (Fsp3) is 0.500. The summed E-state index contributed by atoms with van der Waals surface area (Å²) in [5, 5.41) is 0.842. The van der Waals surface area contributed by atoms with Crippen LogP contribution in [0.25, 0.3) is 0 Å². The predicted molar refractivity (Wildman–Crippen MR) is 58.5 cm³/mol. The van der Waals surface area contributed by atoms with Gasteiger partial charge in [0, 0.05) is 11.1 Å². The third kappa shape index (κ3) is 1.27. The van der Waals surface area contributed by atoms with E-state index < -0.39 is 0 Å². The summed E-state index contributed by atoms with van der Waals surface area (Å²) in [7, 11) is 0. The van der Waals surface area contributed by atoms with E-state index >= 15 is 0 Å². The van der Waals surface area contributed by atoms with Crippen molar-refractivity contribution in [2.45, 2.75) is 18.9 Å². The maximum Gasteiger partial charge on any atom is 0.0406 e. The monoisotopic (exact) mass is 207 g/mol. The molecule has 1 atom stereocenters. The number of piperidine rings is 1. The van der Waals surface area contributed by atoms with Crippen molar-refractivity contribution in [2.24, 2.45) is 5.92 Å². The number of hydrogen-bond acceptors (Lipinski definition) is 1. The van der Waals surface area contributed by atoms with Crippen LogP contribution in [-0.4, -0.2) is 18.0 Å². The van der Waals surface area contributed by atoms with E-state index in [1.165, 1.54) is 31.5 Å². The van der Waals surface area contributed by atoms with Crippen molar-refractivity contribution in [1.82, 2.24) is 4.90 Å². The van der Waals surface area contributed by atoms with Crippen molar-refractivity contribution >= 4 is 11.6 Å². The Balaban J connectivity index is 1.92. The van der Waals surface area contributed by atoms with Crippen LogP contribution < -0.4 is 0 Å². The van der Waals surface area contributed by atoms with E-state index in [2.05, 4.69) is 17.0 Å². The molecule has 2 saturated heterocycles. The van der Waals surface area contributed by atoms with Crippen LogP contribution >= 0.6 is 11.6 Å². The molecular formula is C12H14ClN. The lowest BCUT2D eigenvalue weighted by Gasteiger charge is -2.19. The highest BCUT2D eigenvalue weighted by molar-refractivity contribution is 6.30. The van der Waals surface area contributed by atoms with Gasteiger partial charge in [-0.1, -0.05) is 23.7 Å². The van der Waals surface area contributed by atoms with Gasteiger partial charge in [-0.3, -0.25) is 4.90 Å². The number of halogens is 1. The highest BCUT2D eigenvalue weighted by atomic mass is 35.5. The molecule has 2 fully saturated rings. The molecule has 2 aliphatic rings. The van der Waals surface area contributed by atoms with Crippen LogP contribution in [0.1, 0.15) is 24.4 Å². The summed E-state index contributed by atoms with van der Waals surface area (Å²) in [6, 6.07) is 9.07. The van der Waals surface area contributed by atoms with Gasteiger partial charge < -0.3 is 0 Å². The summed E-state index contributed by atoms with van der Waals surface area (Å²) in [6.07, 6.45) is 2.76. The van der Waals surface area contributed by atoms with Crippen LogP contribution in [0.2, 0.25) is 5.02 Å². The number of nitrogens with zero attached hydrogens (tertiary/aromatic N) is 1. The second-order valence-electron chi connectivity index (χ2n) is 4.37. The number of benzene rings is 1. The Hall–Kier alpha value is -0.530. The Bertz CT molecular complexity index is 313. The van der Waals surface area contributed by atoms with Gasteiger partial charge in [0.15, 0.2) is 0 Å². The lowest BCUT2D eigenvalue weighted by atomic mass is 9.94. The molecule has 1 aromatic carbocycles. The van der Waals surface area contributed by atoms with E-state index in [9.17, 15) is 0 Å². The number of hydrogen-bond donors (Lipinski definition) is 0. The summed E-state index contributed by atoms with van der Waals surface area (Å²) in [5.74, 6) is 0.899. The first-order valence-electron chi connectivity index (χ1n) is 5.34. The fourth-order valence-corrected chi connectivity index (χ4v) is 3.08. The minimum atomic E-state index is 0.687. The van der Waals surface area contributed by atoms with Crippen LogP contribution in [0.15, 0.2) is 24.3 Å². The predicted octanol–water partition coefficient (Wildman–Crippen LogP) is 3.11. The van der Waals surface area contributed by atoms with E-state index in [-0.39, 0.29) is 0 Å². The third-order valence-electron chi connectivity index (χ3n) is 3.63. The second-order valence-corrected chi connectivity index (χ2v) is 4.81. The molecule has 0 aromatic heterocycles. The van der Waals surface area contributed by atoms with Crippen LogP contribution in [0.5, 0.6) is 0 Å². The van der Waals surface area contributed by atoms with E-state index in [1.54, 1.807) is 0 Å². The van der Waals surface area contributed by atoms with Gasteiger partial charge >= 0.3 is 0 Å². The first-order valence-corrected chi connectivity index (χ1v) is 5.72. The Kier molecular flexibility index (Phi) is 2.03. The highest BCUT2D eigenvalue weighted by Crippen LogP contribution is 2.44. The molecule has 0 aliphatic carbocycles. The molecule has 2 heteroatoms. The van der Waals surface area contributed by atoms with Crippen molar-refractivity contribution < 1.29 is 0 Å². The topological polar surface area (TPSA) is 3.24 Å². The van der Waals surface area contributed by atoms with Crippen molar-refractivity contribution in [3.8, 4) is 0 Å². The Morgan fingerprint density at radius 3 is 2.21 bits per heavy atom. The molecule has 1 unspecified atom stereocenters. The molecule has 3 rings (SSSR count). The van der Waals surface area contributed by atoms with Crippen molar-refractivity contribution in [3.05, 3.63) is 34.9 Å². The van der Waals surface area contributed by atoms with E-state index in [1.807, 2.05) is 12.1 Å². The smallest absolute Gasteiger partial charge is 0.0406 e. The molecule has 2 aliphatic heterocycles. The molecule has 2 bridgehead atoms. The standard InChI is InChI=1S/C12H14ClN/c13-11-3-1-9(2-4-11)12-10-5-7-14(12)8-6-10/h1-4,10,12H,5-8H2. The molecule has 2 heterocycles. The summed E-state index contributed by atoms with van der Waals surface area (Å²) in [5.41, 5.74) is 1.45. The highest BCUT2D eigenvalue weighted by Gasteiger charge is 2.40. The van der Waals surface area contributed by atoms with Crippen LogP contribution in [0.4, 0.5) is 0 Å². The van der Waals surface area contributed by atoms with Gasteiger partial charge in [-0.15, -0.1) is 0 Å². The van der Waals surface area contributed by atoms with Gasteiger partial charge in [-0.05, 0) is 49.5 Å². The summed E-state index contributed by atoms with van der Waals surface area (Å²) >= 11 is 5.89. The molecular weight excluding hydrogens is 194 g/mol. The normalized spacial score (nSPS) is 35.1. The molecule has 1 aromatic rings. The zero-order chi connectivity index (χ0) is 9.54. The molecule has 0 amide bonds. The second kappa shape index (κ2) is 3.25. The Labute approximate surface area is 89.7 Å². The maximum absolute atomic E-state index is 5.89. The minimum absolute atomic E-state index is 0.687. The van der Waals surface area contributed by atoms with Crippen LogP contribution in [0.3, 0.4) is 0 Å². The average Bonchev–Trinajstić information content (AvgIpc) is 2.78. The average molecular weight is 208 g/mol. The lowest BCUT2D eigenvalue weighted by molar-refractivity contribution is 0.305. The zero-order valence-corrected chi connectivity index (χ0v) is 8.87. The molecule has 1 nitrogen and oxygen atoms in total. The molecule has 0 N–H and O–H groups in total. The minimum Gasteiger partial charge on any atom is -0.296 e. The van der Waals surface area contributed by atoms with Gasteiger partial charge in [-0.2, -0.15) is 0 Å². The molecule has 74 valence electrons. The lowest BCUT2D eigenvalue weighted by Crippen LogP contribution is -2.19. The van der Waals surface area contributed by atoms with Gasteiger partial charge in [0.25, 0.3) is 0 Å².